The Morgan fingerprint density at radius 2 is 1.02 bits per heavy atom. The third-order valence-electron chi connectivity index (χ3n) is 8.76. The topological polar surface area (TPSA) is 338 Å². The van der Waals surface area contributed by atoms with Gasteiger partial charge in [0, 0.05) is 19.4 Å². The van der Waals surface area contributed by atoms with Crippen molar-refractivity contribution in [2.45, 2.75) is 87.3 Å². The normalized spacial score (nSPS) is 24.8. The zero-order valence-electron chi connectivity index (χ0n) is 33.8. The molecule has 0 saturated carbocycles. The molecule has 2 aliphatic heterocycles. The lowest BCUT2D eigenvalue weighted by Crippen LogP contribution is -2.50. The average molecular weight is 876 g/mol. The van der Waals surface area contributed by atoms with Crippen molar-refractivity contribution >= 4 is 23.7 Å². The number of carboxylic acids is 1. The second-order valence-electron chi connectivity index (χ2n) is 13.5. The van der Waals surface area contributed by atoms with Crippen LogP contribution < -0.4 is 16.0 Å². The fourth-order valence-corrected chi connectivity index (χ4v) is 5.58. The number of ether oxygens (including phenoxy) is 10. The summed E-state index contributed by atoms with van der Waals surface area (Å²) in [5, 5.41) is 73.9. The Bertz CT molecular complexity index is 1180. The highest BCUT2D eigenvalue weighted by atomic mass is 16.7. The number of aliphatic hydroxyl groups is 6. The van der Waals surface area contributed by atoms with Crippen LogP contribution in [0.2, 0.25) is 0 Å². The van der Waals surface area contributed by atoms with Crippen LogP contribution in [0.1, 0.15) is 32.1 Å². The van der Waals surface area contributed by atoms with Crippen molar-refractivity contribution in [2.75, 3.05) is 119 Å². The molecule has 3 amide bonds. The largest absolute Gasteiger partial charge is 0.480 e. The SMILES string of the molecule is O=C(O)CNC(=O)[C@H](CCCCNC(=O)COCCOCCOCCO[C@H]1C[C@@H](O)[C@@H](O)[C@@H](CO)O1)NC(=O)COCCOCCOCCO[C@H]1C[C@@H](O)[C@@H](O)[C@@H](CO)O1. The standard InChI is InChI=1S/C36H65N3O21/c40-20-27-34(48)25(42)17-32(59-27)57-15-13-53-7-5-51-9-11-55-22-29(44)37-4-2-1-3-24(36(50)38-19-31(46)47)39-30(45)23-56-12-10-52-6-8-54-14-16-58-33-18-26(43)35(49)28(21-41)60-33/h24-28,32-35,40-43,48-49H,1-23H2,(H,37,44)(H,38,50)(H,39,45)(H,46,47)/t24-,25+,26+,27+,28+,32+,33+,34+,35+/m0/s1. The van der Waals surface area contributed by atoms with Crippen LogP contribution in [0.25, 0.3) is 0 Å². The number of nitrogens with one attached hydrogen (secondary N) is 3. The first kappa shape index (κ1) is 53.4. The Hall–Kier alpha value is -2.76. The summed E-state index contributed by atoms with van der Waals surface area (Å²) in [5.74, 6) is -2.88. The molecular weight excluding hydrogens is 810 g/mol. The van der Waals surface area contributed by atoms with E-state index in [0.29, 0.717) is 12.8 Å². The summed E-state index contributed by atoms with van der Waals surface area (Å²) < 4.78 is 53.8. The lowest BCUT2D eigenvalue weighted by atomic mass is 10.0. The minimum atomic E-state index is -1.25. The van der Waals surface area contributed by atoms with Gasteiger partial charge < -0.3 is 99.1 Å². The van der Waals surface area contributed by atoms with Crippen LogP contribution in [0.3, 0.4) is 0 Å². The van der Waals surface area contributed by atoms with E-state index < -0.39 is 92.8 Å². The minimum absolute atomic E-state index is 0.0607. The number of carboxylic acid groups (broad SMARTS) is 1. The summed E-state index contributed by atoms with van der Waals surface area (Å²) in [4.78, 5) is 48.0. The molecule has 0 spiro atoms. The number of rotatable bonds is 35. The molecule has 60 heavy (non-hydrogen) atoms. The van der Waals surface area contributed by atoms with Crippen molar-refractivity contribution in [3.05, 3.63) is 0 Å². The van der Waals surface area contributed by atoms with Crippen LogP contribution in [0, 0.1) is 0 Å². The van der Waals surface area contributed by atoms with Gasteiger partial charge in [0.25, 0.3) is 0 Å². The van der Waals surface area contributed by atoms with E-state index >= 15 is 0 Å². The van der Waals surface area contributed by atoms with E-state index in [9.17, 15) is 49.8 Å². The molecule has 0 aromatic rings. The molecule has 2 rings (SSSR count). The summed E-state index contributed by atoms with van der Waals surface area (Å²) in [7, 11) is 0. The van der Waals surface area contributed by atoms with Gasteiger partial charge in [0.2, 0.25) is 17.7 Å². The molecule has 9 atom stereocenters. The van der Waals surface area contributed by atoms with E-state index in [4.69, 9.17) is 52.5 Å². The molecule has 2 saturated heterocycles. The molecule has 350 valence electrons. The molecule has 0 radical (unpaired) electrons. The zero-order valence-corrected chi connectivity index (χ0v) is 33.8. The highest BCUT2D eigenvalue weighted by Crippen LogP contribution is 2.22. The van der Waals surface area contributed by atoms with Crippen LogP contribution in [0.4, 0.5) is 0 Å². The smallest absolute Gasteiger partial charge is 0.322 e. The molecule has 0 bridgehead atoms. The van der Waals surface area contributed by atoms with Gasteiger partial charge in [-0.1, -0.05) is 0 Å². The van der Waals surface area contributed by atoms with Crippen LogP contribution in [0.5, 0.6) is 0 Å². The van der Waals surface area contributed by atoms with Crippen LogP contribution in [-0.4, -0.2) is 233 Å². The Morgan fingerprint density at radius 3 is 1.47 bits per heavy atom. The maximum absolute atomic E-state index is 12.6. The van der Waals surface area contributed by atoms with Crippen LogP contribution in [-0.2, 0) is 66.5 Å². The molecule has 0 unspecified atom stereocenters. The Kier molecular flexibility index (Phi) is 29.3. The van der Waals surface area contributed by atoms with Gasteiger partial charge >= 0.3 is 5.97 Å². The first-order valence-electron chi connectivity index (χ1n) is 19.9. The summed E-state index contributed by atoms with van der Waals surface area (Å²) in [6.07, 6.45) is -6.70. The van der Waals surface area contributed by atoms with E-state index in [1.165, 1.54) is 0 Å². The molecule has 2 heterocycles. The predicted octanol–water partition coefficient (Wildman–Crippen LogP) is -5.25. The van der Waals surface area contributed by atoms with Crippen molar-refractivity contribution in [1.29, 1.82) is 0 Å². The summed E-state index contributed by atoms with van der Waals surface area (Å²) in [6, 6.07) is -1.03. The Labute approximate surface area is 347 Å². The maximum atomic E-state index is 12.6. The molecule has 2 aliphatic rings. The number of aliphatic hydroxyl groups excluding tert-OH is 6. The zero-order chi connectivity index (χ0) is 44.0. The van der Waals surface area contributed by atoms with E-state index in [2.05, 4.69) is 16.0 Å². The number of unbranched alkanes of at least 4 members (excludes halogenated alkanes) is 1. The van der Waals surface area contributed by atoms with Crippen molar-refractivity contribution < 1.29 is 102 Å². The van der Waals surface area contributed by atoms with E-state index in [1.807, 2.05) is 0 Å². The fraction of sp³-hybridized carbons (Fsp3) is 0.889. The van der Waals surface area contributed by atoms with Gasteiger partial charge in [-0.3, -0.25) is 19.2 Å². The number of aliphatic carboxylic acids is 1. The van der Waals surface area contributed by atoms with E-state index in [1.54, 1.807) is 0 Å². The summed E-state index contributed by atoms with van der Waals surface area (Å²) in [5.41, 5.74) is 0. The van der Waals surface area contributed by atoms with Crippen LogP contribution in [0.15, 0.2) is 0 Å². The third-order valence-corrected chi connectivity index (χ3v) is 8.76. The van der Waals surface area contributed by atoms with Gasteiger partial charge in [0.1, 0.15) is 50.2 Å². The molecule has 2 fully saturated rings. The lowest BCUT2D eigenvalue weighted by Gasteiger charge is -2.35. The van der Waals surface area contributed by atoms with Crippen LogP contribution >= 0.6 is 0 Å². The second kappa shape index (κ2) is 32.9. The Balaban J connectivity index is 1.45. The predicted molar refractivity (Wildman–Crippen MR) is 201 cm³/mol. The van der Waals surface area contributed by atoms with Gasteiger partial charge in [-0.25, -0.2) is 0 Å². The van der Waals surface area contributed by atoms with Gasteiger partial charge in [0.05, 0.1) is 105 Å². The third kappa shape index (κ3) is 24.0. The summed E-state index contributed by atoms with van der Waals surface area (Å²) in [6.45, 7) is 0.572. The molecule has 0 aromatic heterocycles. The lowest BCUT2D eigenvalue weighted by molar-refractivity contribution is -0.259. The molecule has 10 N–H and O–H groups in total. The first-order chi connectivity index (χ1) is 28.9. The number of carbonyl (C=O) groups excluding carboxylic acids is 3. The number of carbonyl (C=O) groups is 4. The number of hydrogen-bond acceptors (Lipinski definition) is 20. The maximum Gasteiger partial charge on any atom is 0.322 e. The molecule has 0 aromatic carbocycles. The first-order valence-corrected chi connectivity index (χ1v) is 19.9. The van der Waals surface area contributed by atoms with E-state index in [0.717, 1.165) is 0 Å². The fourth-order valence-electron chi connectivity index (χ4n) is 5.58. The number of hydrogen-bond donors (Lipinski definition) is 10. The van der Waals surface area contributed by atoms with Gasteiger partial charge in [-0.05, 0) is 19.3 Å². The number of amides is 3. The minimum Gasteiger partial charge on any atom is -0.480 e. The van der Waals surface area contributed by atoms with Gasteiger partial charge in [0.15, 0.2) is 12.6 Å². The van der Waals surface area contributed by atoms with Crippen molar-refractivity contribution in [2.24, 2.45) is 0 Å². The highest BCUT2D eigenvalue weighted by Gasteiger charge is 2.37. The molecule has 0 aliphatic carbocycles. The molecule has 24 nitrogen and oxygen atoms in total. The highest BCUT2D eigenvalue weighted by molar-refractivity contribution is 5.89. The van der Waals surface area contributed by atoms with Crippen molar-refractivity contribution in [3.63, 3.8) is 0 Å². The van der Waals surface area contributed by atoms with Crippen molar-refractivity contribution in [1.82, 2.24) is 16.0 Å². The molecular formula is C36H65N3O21. The van der Waals surface area contributed by atoms with E-state index in [-0.39, 0.29) is 124 Å². The van der Waals surface area contributed by atoms with Crippen molar-refractivity contribution in [3.8, 4) is 0 Å². The van der Waals surface area contributed by atoms with Gasteiger partial charge in [-0.2, -0.15) is 0 Å². The monoisotopic (exact) mass is 875 g/mol. The Morgan fingerprint density at radius 1 is 0.583 bits per heavy atom. The quantitative estimate of drug-likeness (QED) is 0.0266. The summed E-state index contributed by atoms with van der Waals surface area (Å²) >= 11 is 0. The average Bonchev–Trinajstić information content (AvgIpc) is 3.22. The second-order valence-corrected chi connectivity index (χ2v) is 13.5. The van der Waals surface area contributed by atoms with Gasteiger partial charge in [-0.15, -0.1) is 0 Å². The molecule has 24 heteroatoms.